The zero-order valence-electron chi connectivity index (χ0n) is 14.0. The summed E-state index contributed by atoms with van der Waals surface area (Å²) in [6, 6.07) is 6.62. The molecule has 2 rings (SSSR count). The van der Waals surface area contributed by atoms with E-state index in [0.29, 0.717) is 15.6 Å². The Morgan fingerprint density at radius 1 is 0.960 bits per heavy atom. The number of hydrogen-bond acceptors (Lipinski definition) is 6. The maximum Gasteiger partial charge on any atom is 0.345 e. The fourth-order valence-electron chi connectivity index (χ4n) is 1.90. The van der Waals surface area contributed by atoms with E-state index in [1.54, 1.807) is 48.9 Å². The predicted molar refractivity (Wildman–Crippen MR) is 102 cm³/mol. The number of amides is 2. The standard InChI is InChI=1S/C17H18N2O4S2/c1-10(2)23-16(22)14(17-24-8-9-25-17)15(21)19-13-6-4-12(5-7-13)18-11(3)20/h4-10H,1-3H3,(H,18,20)(H,19,21). The van der Waals surface area contributed by atoms with Crippen LogP contribution in [0.3, 0.4) is 0 Å². The Labute approximate surface area is 154 Å². The Balaban J connectivity index is 2.16. The molecule has 0 radical (unpaired) electrons. The van der Waals surface area contributed by atoms with Gasteiger partial charge in [-0.15, -0.1) is 0 Å². The molecule has 0 aromatic heterocycles. The topological polar surface area (TPSA) is 84.5 Å². The van der Waals surface area contributed by atoms with Crippen LogP contribution >= 0.6 is 23.5 Å². The average molecular weight is 378 g/mol. The molecule has 25 heavy (non-hydrogen) atoms. The lowest BCUT2D eigenvalue weighted by Gasteiger charge is -2.13. The Bertz CT molecular complexity index is 730. The molecule has 0 bridgehead atoms. The molecule has 1 aliphatic rings. The van der Waals surface area contributed by atoms with Crippen LogP contribution in [-0.2, 0) is 19.1 Å². The first-order valence-corrected chi connectivity index (χ1v) is 9.25. The molecule has 0 aliphatic carbocycles. The molecule has 8 heteroatoms. The molecule has 1 aliphatic heterocycles. The molecule has 132 valence electrons. The monoisotopic (exact) mass is 378 g/mol. The largest absolute Gasteiger partial charge is 0.459 e. The predicted octanol–water partition coefficient (Wildman–Crippen LogP) is 3.70. The van der Waals surface area contributed by atoms with Gasteiger partial charge < -0.3 is 15.4 Å². The van der Waals surface area contributed by atoms with Crippen LogP contribution in [-0.4, -0.2) is 23.9 Å². The van der Waals surface area contributed by atoms with Crippen LogP contribution in [0.5, 0.6) is 0 Å². The molecule has 1 aromatic rings. The van der Waals surface area contributed by atoms with E-state index in [1.807, 2.05) is 0 Å². The van der Waals surface area contributed by atoms with Crippen molar-refractivity contribution in [3.63, 3.8) is 0 Å². The third kappa shape index (κ3) is 5.68. The fraction of sp³-hybridized carbons (Fsp3) is 0.235. The van der Waals surface area contributed by atoms with Crippen molar-refractivity contribution in [3.05, 3.63) is 44.9 Å². The SMILES string of the molecule is CC(=O)Nc1ccc(NC(=O)C(C(=O)OC(C)C)=C2SC=CS2)cc1. The Morgan fingerprint density at radius 3 is 1.96 bits per heavy atom. The van der Waals surface area contributed by atoms with Gasteiger partial charge in [0.1, 0.15) is 5.57 Å². The summed E-state index contributed by atoms with van der Waals surface area (Å²) in [7, 11) is 0. The van der Waals surface area contributed by atoms with Crippen molar-refractivity contribution in [1.29, 1.82) is 0 Å². The molecule has 0 spiro atoms. The van der Waals surface area contributed by atoms with Gasteiger partial charge in [0, 0.05) is 18.3 Å². The van der Waals surface area contributed by atoms with Gasteiger partial charge in [0.2, 0.25) is 5.91 Å². The first-order valence-electron chi connectivity index (χ1n) is 7.49. The van der Waals surface area contributed by atoms with Crippen molar-refractivity contribution in [2.45, 2.75) is 26.9 Å². The molecule has 0 fully saturated rings. The van der Waals surface area contributed by atoms with E-state index < -0.39 is 11.9 Å². The van der Waals surface area contributed by atoms with Crippen LogP contribution in [0.1, 0.15) is 20.8 Å². The van der Waals surface area contributed by atoms with Gasteiger partial charge in [-0.3, -0.25) is 9.59 Å². The van der Waals surface area contributed by atoms with E-state index in [2.05, 4.69) is 10.6 Å². The summed E-state index contributed by atoms with van der Waals surface area (Å²) in [6.45, 7) is 4.87. The Kier molecular flexibility index (Phi) is 6.72. The summed E-state index contributed by atoms with van der Waals surface area (Å²) in [4.78, 5) is 35.9. The second-order valence-corrected chi connectivity index (χ2v) is 7.43. The van der Waals surface area contributed by atoms with Crippen LogP contribution in [0, 0.1) is 0 Å². The van der Waals surface area contributed by atoms with Crippen molar-refractivity contribution in [2.24, 2.45) is 0 Å². The van der Waals surface area contributed by atoms with Gasteiger partial charge in [0.25, 0.3) is 5.91 Å². The van der Waals surface area contributed by atoms with E-state index >= 15 is 0 Å². The van der Waals surface area contributed by atoms with Gasteiger partial charge in [-0.25, -0.2) is 4.79 Å². The smallest absolute Gasteiger partial charge is 0.345 e. The number of hydrogen-bond donors (Lipinski definition) is 2. The molecule has 2 N–H and O–H groups in total. The molecular formula is C17H18N2O4S2. The lowest BCUT2D eigenvalue weighted by atomic mass is 10.2. The second kappa shape index (κ2) is 8.77. The van der Waals surface area contributed by atoms with Gasteiger partial charge in [-0.05, 0) is 48.9 Å². The highest BCUT2D eigenvalue weighted by Gasteiger charge is 2.27. The lowest BCUT2D eigenvalue weighted by Crippen LogP contribution is -2.25. The molecular weight excluding hydrogens is 360 g/mol. The maximum atomic E-state index is 12.6. The summed E-state index contributed by atoms with van der Waals surface area (Å²) in [6.07, 6.45) is -0.322. The van der Waals surface area contributed by atoms with Crippen LogP contribution in [0.2, 0.25) is 0 Å². The van der Waals surface area contributed by atoms with E-state index in [0.717, 1.165) is 0 Å². The fourth-order valence-corrected chi connectivity index (χ4v) is 3.74. The van der Waals surface area contributed by atoms with Crippen LogP contribution in [0.15, 0.2) is 44.9 Å². The number of anilines is 2. The average Bonchev–Trinajstić information content (AvgIpc) is 3.02. The minimum Gasteiger partial charge on any atom is -0.459 e. The minimum absolute atomic E-state index is 0.0142. The first-order chi connectivity index (χ1) is 11.9. The molecule has 0 saturated heterocycles. The summed E-state index contributed by atoms with van der Waals surface area (Å²) in [5.41, 5.74) is 1.12. The number of carbonyl (C=O) groups excluding carboxylic acids is 3. The number of carbonyl (C=O) groups is 3. The highest BCUT2D eigenvalue weighted by atomic mass is 32.2. The summed E-state index contributed by atoms with van der Waals surface area (Å²) in [5.74, 6) is -1.36. The van der Waals surface area contributed by atoms with Crippen molar-refractivity contribution in [2.75, 3.05) is 10.6 Å². The third-order valence-corrected chi connectivity index (χ3v) is 4.98. The summed E-state index contributed by atoms with van der Waals surface area (Å²) >= 11 is 2.61. The Morgan fingerprint density at radius 2 is 1.48 bits per heavy atom. The normalized spacial score (nSPS) is 12.9. The number of thioether (sulfide) groups is 2. The zero-order chi connectivity index (χ0) is 18.4. The van der Waals surface area contributed by atoms with E-state index in [9.17, 15) is 14.4 Å². The third-order valence-electron chi connectivity index (χ3n) is 2.85. The van der Waals surface area contributed by atoms with Crippen molar-refractivity contribution in [3.8, 4) is 0 Å². The zero-order valence-corrected chi connectivity index (χ0v) is 15.6. The van der Waals surface area contributed by atoms with Gasteiger partial charge in [0.15, 0.2) is 0 Å². The number of ether oxygens (including phenoxy) is 1. The van der Waals surface area contributed by atoms with Gasteiger partial charge >= 0.3 is 5.97 Å². The minimum atomic E-state index is -0.652. The van der Waals surface area contributed by atoms with Gasteiger partial charge in [-0.1, -0.05) is 23.5 Å². The van der Waals surface area contributed by atoms with Crippen LogP contribution < -0.4 is 10.6 Å². The molecule has 1 heterocycles. The van der Waals surface area contributed by atoms with Gasteiger partial charge in [0.05, 0.1) is 10.3 Å². The lowest BCUT2D eigenvalue weighted by molar-refractivity contribution is -0.143. The number of esters is 1. The van der Waals surface area contributed by atoms with Crippen molar-refractivity contribution >= 4 is 52.7 Å². The van der Waals surface area contributed by atoms with Crippen LogP contribution in [0.4, 0.5) is 11.4 Å². The van der Waals surface area contributed by atoms with E-state index in [4.69, 9.17) is 4.74 Å². The van der Waals surface area contributed by atoms with Crippen molar-refractivity contribution < 1.29 is 19.1 Å². The molecule has 1 aromatic carbocycles. The quantitative estimate of drug-likeness (QED) is 0.352. The highest BCUT2D eigenvalue weighted by Crippen LogP contribution is 2.40. The molecule has 2 amide bonds. The van der Waals surface area contributed by atoms with E-state index in [-0.39, 0.29) is 17.6 Å². The van der Waals surface area contributed by atoms with E-state index in [1.165, 1.54) is 30.4 Å². The van der Waals surface area contributed by atoms with Crippen molar-refractivity contribution in [1.82, 2.24) is 0 Å². The highest BCUT2D eigenvalue weighted by molar-refractivity contribution is 8.27. The van der Waals surface area contributed by atoms with Crippen LogP contribution in [0.25, 0.3) is 0 Å². The molecule has 0 saturated carbocycles. The summed E-state index contributed by atoms with van der Waals surface area (Å²) in [5, 5.41) is 8.94. The maximum absolute atomic E-state index is 12.6. The summed E-state index contributed by atoms with van der Waals surface area (Å²) < 4.78 is 5.77. The Hall–Kier alpha value is -2.19. The molecule has 0 unspecified atom stereocenters. The first kappa shape index (κ1) is 19.1. The number of rotatable bonds is 5. The number of nitrogens with one attached hydrogen (secondary N) is 2. The molecule has 6 nitrogen and oxygen atoms in total. The second-order valence-electron chi connectivity index (χ2n) is 5.34. The van der Waals surface area contributed by atoms with Gasteiger partial charge in [-0.2, -0.15) is 0 Å². The number of benzene rings is 1. The molecule has 0 atom stereocenters.